The van der Waals surface area contributed by atoms with Crippen molar-refractivity contribution in [3.63, 3.8) is 0 Å². The molecule has 0 amide bonds. The van der Waals surface area contributed by atoms with Gasteiger partial charge in [-0.05, 0) is 63.2 Å². The maximum atomic E-state index is 12.1. The minimum absolute atomic E-state index is 0.568. The highest BCUT2D eigenvalue weighted by Gasteiger charge is 2.37. The van der Waals surface area contributed by atoms with E-state index in [0.717, 1.165) is 18.8 Å². The molecule has 0 N–H and O–H groups in total. The first-order chi connectivity index (χ1) is 8.44. The summed E-state index contributed by atoms with van der Waals surface area (Å²) in [5, 5.41) is 0. The predicted octanol–water partition coefficient (Wildman–Crippen LogP) is 5.04. The molecule has 0 aromatic carbocycles. The number of rotatable bonds is 2. The number of hydrogen-bond donors (Lipinski definition) is 0. The quantitative estimate of drug-likeness (QED) is 0.645. The van der Waals surface area contributed by atoms with Crippen LogP contribution >= 0.6 is 15.9 Å². The van der Waals surface area contributed by atoms with Gasteiger partial charge in [-0.1, -0.05) is 15.9 Å². The average molecular weight is 329 g/mol. The molecule has 0 aromatic heterocycles. The zero-order valence-corrected chi connectivity index (χ0v) is 12.0. The zero-order chi connectivity index (χ0) is 13.2. The van der Waals surface area contributed by atoms with Crippen molar-refractivity contribution in [3.05, 3.63) is 0 Å². The van der Waals surface area contributed by atoms with Gasteiger partial charge in [0.25, 0.3) is 0 Å². The first-order valence-corrected chi connectivity index (χ1v) is 7.74. The fraction of sp³-hybridized carbons (Fsp3) is 1.00. The molecule has 106 valence electrons. The summed E-state index contributed by atoms with van der Waals surface area (Å²) in [6.45, 7) is 0. The van der Waals surface area contributed by atoms with E-state index in [2.05, 4.69) is 20.7 Å². The monoisotopic (exact) mass is 328 g/mol. The lowest BCUT2D eigenvalue weighted by Crippen LogP contribution is -2.31. The van der Waals surface area contributed by atoms with Crippen molar-refractivity contribution in [2.45, 2.75) is 68.7 Å². The van der Waals surface area contributed by atoms with Gasteiger partial charge in [0.2, 0.25) is 0 Å². The van der Waals surface area contributed by atoms with E-state index in [0.29, 0.717) is 23.6 Å². The van der Waals surface area contributed by atoms with Gasteiger partial charge in [0.05, 0.1) is 6.10 Å². The van der Waals surface area contributed by atoms with E-state index in [4.69, 9.17) is 0 Å². The second kappa shape index (κ2) is 6.12. The topological polar surface area (TPSA) is 9.23 Å². The first kappa shape index (κ1) is 14.6. The minimum Gasteiger partial charge on any atom is -0.289 e. The Labute approximate surface area is 115 Å². The molecule has 1 nitrogen and oxygen atoms in total. The molecule has 0 atom stereocenters. The molecule has 2 aliphatic rings. The maximum absolute atomic E-state index is 12.1. The van der Waals surface area contributed by atoms with Gasteiger partial charge in [-0.25, -0.2) is 0 Å². The standard InChI is InChI=1S/C13H20BrF3O/c14-11-5-1-9(2-6-11)10-3-7-12(8-4-10)18-13(15,16)17/h9-12H,1-8H2. The van der Waals surface area contributed by atoms with Gasteiger partial charge < -0.3 is 0 Å². The molecule has 0 aromatic rings. The van der Waals surface area contributed by atoms with Crippen molar-refractivity contribution >= 4 is 15.9 Å². The number of ether oxygens (including phenoxy) is 1. The molecule has 2 saturated carbocycles. The highest BCUT2D eigenvalue weighted by molar-refractivity contribution is 9.09. The number of hydrogen-bond acceptors (Lipinski definition) is 1. The summed E-state index contributed by atoms with van der Waals surface area (Å²) in [7, 11) is 0. The number of alkyl halides is 4. The summed E-state index contributed by atoms with van der Waals surface area (Å²) < 4.78 is 40.4. The van der Waals surface area contributed by atoms with Crippen LogP contribution in [0, 0.1) is 11.8 Å². The Bertz CT molecular complexity index is 253. The Kier molecular flexibility index (Phi) is 4.98. The van der Waals surface area contributed by atoms with Crippen LogP contribution in [0.5, 0.6) is 0 Å². The second-order valence-corrected chi connectivity index (χ2v) is 6.91. The van der Waals surface area contributed by atoms with Crippen LogP contribution in [-0.4, -0.2) is 17.3 Å². The largest absolute Gasteiger partial charge is 0.522 e. The molecule has 5 heteroatoms. The summed E-state index contributed by atoms with van der Waals surface area (Å²) in [6.07, 6.45) is 2.75. The third kappa shape index (κ3) is 4.41. The van der Waals surface area contributed by atoms with E-state index in [1.807, 2.05) is 0 Å². The average Bonchev–Trinajstić information content (AvgIpc) is 2.29. The third-order valence-corrected chi connectivity index (χ3v) is 5.30. The summed E-state index contributed by atoms with van der Waals surface area (Å²) >= 11 is 3.64. The highest BCUT2D eigenvalue weighted by Crippen LogP contribution is 2.41. The van der Waals surface area contributed by atoms with E-state index in [1.165, 1.54) is 25.7 Å². The van der Waals surface area contributed by atoms with E-state index in [-0.39, 0.29) is 0 Å². The smallest absolute Gasteiger partial charge is 0.289 e. The lowest BCUT2D eigenvalue weighted by Gasteiger charge is -2.36. The van der Waals surface area contributed by atoms with Crippen LogP contribution in [0.2, 0.25) is 0 Å². The molecular formula is C13H20BrF3O. The van der Waals surface area contributed by atoms with Crippen molar-refractivity contribution in [1.29, 1.82) is 0 Å². The molecule has 0 unspecified atom stereocenters. The Morgan fingerprint density at radius 1 is 0.778 bits per heavy atom. The summed E-state index contributed by atoms with van der Waals surface area (Å²) in [6, 6.07) is 0. The zero-order valence-electron chi connectivity index (χ0n) is 10.4. The van der Waals surface area contributed by atoms with E-state index < -0.39 is 12.5 Å². The fourth-order valence-corrected chi connectivity index (χ4v) is 3.95. The van der Waals surface area contributed by atoms with E-state index >= 15 is 0 Å². The van der Waals surface area contributed by atoms with Crippen molar-refractivity contribution in [2.24, 2.45) is 11.8 Å². The van der Waals surface area contributed by atoms with Crippen LogP contribution in [0.4, 0.5) is 13.2 Å². The Hall–Kier alpha value is 0.230. The molecule has 2 fully saturated rings. The highest BCUT2D eigenvalue weighted by atomic mass is 79.9. The van der Waals surface area contributed by atoms with Crippen LogP contribution < -0.4 is 0 Å². The van der Waals surface area contributed by atoms with Crippen molar-refractivity contribution < 1.29 is 17.9 Å². The van der Waals surface area contributed by atoms with Gasteiger partial charge in [0.1, 0.15) is 0 Å². The van der Waals surface area contributed by atoms with Crippen molar-refractivity contribution in [3.8, 4) is 0 Å². The van der Waals surface area contributed by atoms with Gasteiger partial charge in [-0.2, -0.15) is 0 Å². The van der Waals surface area contributed by atoms with Gasteiger partial charge >= 0.3 is 6.36 Å². The maximum Gasteiger partial charge on any atom is 0.522 e. The van der Waals surface area contributed by atoms with Crippen LogP contribution in [0.1, 0.15) is 51.4 Å². The summed E-state index contributed by atoms with van der Waals surface area (Å²) in [4.78, 5) is 0.652. The molecule has 2 aliphatic carbocycles. The SMILES string of the molecule is FC(F)(F)OC1CCC(C2CCC(Br)CC2)CC1. The Balaban J connectivity index is 1.73. The van der Waals surface area contributed by atoms with Gasteiger partial charge in [0, 0.05) is 4.83 Å². The molecule has 0 aliphatic heterocycles. The molecule has 2 rings (SSSR count). The molecule has 18 heavy (non-hydrogen) atoms. The fourth-order valence-electron chi connectivity index (χ4n) is 3.42. The van der Waals surface area contributed by atoms with Crippen LogP contribution in [-0.2, 0) is 4.74 Å². The summed E-state index contributed by atoms with van der Waals surface area (Å²) in [5.41, 5.74) is 0. The second-order valence-electron chi connectivity index (χ2n) is 5.61. The molecule has 0 bridgehead atoms. The Morgan fingerprint density at radius 2 is 1.22 bits per heavy atom. The molecule has 0 radical (unpaired) electrons. The van der Waals surface area contributed by atoms with Crippen LogP contribution in [0.3, 0.4) is 0 Å². The normalized spacial score (nSPS) is 38.7. The molecule has 0 spiro atoms. The third-order valence-electron chi connectivity index (χ3n) is 4.39. The van der Waals surface area contributed by atoms with E-state index in [9.17, 15) is 13.2 Å². The summed E-state index contributed by atoms with van der Waals surface area (Å²) in [5.74, 6) is 1.35. The Morgan fingerprint density at radius 3 is 1.67 bits per heavy atom. The van der Waals surface area contributed by atoms with Gasteiger partial charge in [-0.15, -0.1) is 13.2 Å². The van der Waals surface area contributed by atoms with Crippen LogP contribution in [0.15, 0.2) is 0 Å². The van der Waals surface area contributed by atoms with E-state index in [1.54, 1.807) is 0 Å². The number of halogens is 4. The predicted molar refractivity (Wildman–Crippen MR) is 67.6 cm³/mol. The molecule has 0 heterocycles. The van der Waals surface area contributed by atoms with Gasteiger partial charge in [-0.3, -0.25) is 4.74 Å². The van der Waals surface area contributed by atoms with Crippen LogP contribution in [0.25, 0.3) is 0 Å². The lowest BCUT2D eigenvalue weighted by atomic mass is 9.73. The first-order valence-electron chi connectivity index (χ1n) is 6.82. The lowest BCUT2D eigenvalue weighted by molar-refractivity contribution is -0.346. The van der Waals surface area contributed by atoms with Crippen molar-refractivity contribution in [2.75, 3.05) is 0 Å². The molecular weight excluding hydrogens is 309 g/mol. The molecule has 0 saturated heterocycles. The minimum atomic E-state index is -4.47. The van der Waals surface area contributed by atoms with Gasteiger partial charge in [0.15, 0.2) is 0 Å². The van der Waals surface area contributed by atoms with Crippen molar-refractivity contribution in [1.82, 2.24) is 0 Å².